The molecule has 0 bridgehead atoms. The van der Waals surface area contributed by atoms with Gasteiger partial charge in [0.25, 0.3) is 5.91 Å². The molecule has 4 N–H and O–H groups in total. The summed E-state index contributed by atoms with van der Waals surface area (Å²) in [4.78, 5) is 11.4. The van der Waals surface area contributed by atoms with E-state index in [-0.39, 0.29) is 12.1 Å². The molecule has 0 fully saturated rings. The lowest BCUT2D eigenvalue weighted by molar-refractivity contribution is 0.0989. The van der Waals surface area contributed by atoms with Crippen LogP contribution in [0, 0.1) is 0 Å². The molecule has 4 nitrogen and oxygen atoms in total. The summed E-state index contributed by atoms with van der Waals surface area (Å²) < 4.78 is 5.98. The second kappa shape index (κ2) is 6.54. The van der Waals surface area contributed by atoms with E-state index < -0.39 is 5.91 Å². The lowest BCUT2D eigenvalue weighted by Gasteiger charge is -2.24. The molecule has 0 aliphatic rings. The molecule has 106 valence electrons. The van der Waals surface area contributed by atoms with Gasteiger partial charge in [-0.25, -0.2) is 0 Å². The first-order chi connectivity index (χ1) is 9.63. The Balaban J connectivity index is 2.31. The van der Waals surface area contributed by atoms with Gasteiger partial charge in [-0.05, 0) is 35.4 Å². The van der Waals surface area contributed by atoms with Crippen LogP contribution >= 0.6 is 11.3 Å². The Morgan fingerprint density at radius 1 is 1.35 bits per heavy atom. The minimum absolute atomic E-state index is 0.148. The van der Waals surface area contributed by atoms with Crippen LogP contribution in [0.5, 0.6) is 5.75 Å². The molecular formula is C15H18N2O2S. The normalized spacial score (nSPS) is 13.7. The number of primary amides is 1. The van der Waals surface area contributed by atoms with Gasteiger partial charge >= 0.3 is 0 Å². The molecule has 5 heteroatoms. The molecule has 0 spiro atoms. The van der Waals surface area contributed by atoms with E-state index in [1.54, 1.807) is 29.5 Å². The zero-order chi connectivity index (χ0) is 14.5. The number of thiophene rings is 1. The second-order valence-corrected chi connectivity index (χ2v) is 5.31. The van der Waals surface area contributed by atoms with Gasteiger partial charge in [0.15, 0.2) is 0 Å². The summed E-state index contributed by atoms with van der Waals surface area (Å²) in [6.07, 6.45) is 0.492. The van der Waals surface area contributed by atoms with Crippen molar-refractivity contribution in [2.75, 3.05) is 0 Å². The van der Waals surface area contributed by atoms with Crippen molar-refractivity contribution in [2.24, 2.45) is 11.5 Å². The maximum Gasteiger partial charge on any atom is 0.252 e. The van der Waals surface area contributed by atoms with Crippen LogP contribution < -0.4 is 16.2 Å². The van der Waals surface area contributed by atoms with Crippen molar-refractivity contribution in [3.8, 4) is 5.75 Å². The number of para-hydroxylation sites is 1. The Morgan fingerprint density at radius 3 is 2.70 bits per heavy atom. The Bertz CT molecular complexity index is 569. The molecule has 2 rings (SSSR count). The molecule has 2 aromatic rings. The zero-order valence-corrected chi connectivity index (χ0v) is 12.1. The number of hydrogen-bond acceptors (Lipinski definition) is 4. The zero-order valence-electron chi connectivity index (χ0n) is 11.3. The van der Waals surface area contributed by atoms with E-state index in [0.717, 1.165) is 12.0 Å². The molecule has 20 heavy (non-hydrogen) atoms. The summed E-state index contributed by atoms with van der Waals surface area (Å²) in [5, 5.41) is 3.99. The van der Waals surface area contributed by atoms with Crippen LogP contribution in [0.1, 0.15) is 35.4 Å². The molecule has 2 atom stereocenters. The minimum Gasteiger partial charge on any atom is -0.483 e. The fourth-order valence-electron chi connectivity index (χ4n) is 1.96. The summed E-state index contributed by atoms with van der Waals surface area (Å²) in [6, 6.07) is 8.79. The highest BCUT2D eigenvalue weighted by atomic mass is 32.1. The minimum atomic E-state index is -0.505. The highest BCUT2D eigenvalue weighted by Crippen LogP contribution is 2.29. The number of carbonyl (C=O) groups excluding carboxylic acids is 1. The Kier molecular flexibility index (Phi) is 4.76. The maximum absolute atomic E-state index is 11.4. The van der Waals surface area contributed by atoms with Crippen LogP contribution in [0.25, 0.3) is 0 Å². The largest absolute Gasteiger partial charge is 0.483 e. The predicted molar refractivity (Wildman–Crippen MR) is 80.9 cm³/mol. The van der Waals surface area contributed by atoms with E-state index in [4.69, 9.17) is 16.2 Å². The average Bonchev–Trinajstić information content (AvgIpc) is 2.98. The molecule has 0 saturated heterocycles. The smallest absolute Gasteiger partial charge is 0.252 e. The van der Waals surface area contributed by atoms with Crippen molar-refractivity contribution in [2.45, 2.75) is 25.5 Å². The van der Waals surface area contributed by atoms with Crippen LogP contribution in [-0.2, 0) is 0 Å². The first-order valence-electron chi connectivity index (χ1n) is 6.46. The quantitative estimate of drug-likeness (QED) is 0.858. The van der Waals surface area contributed by atoms with Gasteiger partial charge in [0.1, 0.15) is 11.9 Å². The third-order valence-corrected chi connectivity index (χ3v) is 3.84. The van der Waals surface area contributed by atoms with Gasteiger partial charge in [-0.15, -0.1) is 0 Å². The molecule has 0 aliphatic heterocycles. The molecule has 2 unspecified atom stereocenters. The summed E-state index contributed by atoms with van der Waals surface area (Å²) in [5.41, 5.74) is 12.9. The molecule has 0 aliphatic carbocycles. The van der Waals surface area contributed by atoms with Gasteiger partial charge in [0, 0.05) is 11.6 Å². The molecule has 0 saturated carbocycles. The van der Waals surface area contributed by atoms with Crippen molar-refractivity contribution < 1.29 is 9.53 Å². The first kappa shape index (κ1) is 14.6. The fraction of sp³-hybridized carbons (Fsp3) is 0.267. The molecular weight excluding hydrogens is 272 g/mol. The molecule has 1 amide bonds. The molecule has 1 aromatic carbocycles. The molecule has 0 radical (unpaired) electrons. The fourth-order valence-corrected chi connectivity index (χ4v) is 2.65. The van der Waals surface area contributed by atoms with Gasteiger partial charge in [-0.1, -0.05) is 19.1 Å². The van der Waals surface area contributed by atoms with Crippen molar-refractivity contribution >= 4 is 17.2 Å². The number of ether oxygens (including phenoxy) is 1. The van der Waals surface area contributed by atoms with Gasteiger partial charge in [-0.2, -0.15) is 11.3 Å². The van der Waals surface area contributed by atoms with Crippen LogP contribution in [0.15, 0.2) is 41.1 Å². The highest BCUT2D eigenvalue weighted by molar-refractivity contribution is 7.07. The summed E-state index contributed by atoms with van der Waals surface area (Å²) in [7, 11) is 0. The van der Waals surface area contributed by atoms with Gasteiger partial charge < -0.3 is 16.2 Å². The van der Waals surface area contributed by atoms with Crippen molar-refractivity contribution in [3.63, 3.8) is 0 Å². The predicted octanol–water partition coefficient (Wildman–Crippen LogP) is 2.70. The van der Waals surface area contributed by atoms with E-state index in [1.165, 1.54) is 0 Å². The number of carbonyl (C=O) groups is 1. The Hall–Kier alpha value is -1.85. The SMILES string of the molecule is CCC(N)C(Oc1ccccc1C(N)=O)c1ccsc1. The molecule has 1 aromatic heterocycles. The number of nitrogens with two attached hydrogens (primary N) is 2. The van der Waals surface area contributed by atoms with E-state index in [2.05, 4.69) is 0 Å². The van der Waals surface area contributed by atoms with Gasteiger partial charge in [-0.3, -0.25) is 4.79 Å². The van der Waals surface area contributed by atoms with Crippen LogP contribution in [0.4, 0.5) is 0 Å². The van der Waals surface area contributed by atoms with Crippen molar-refractivity contribution in [1.29, 1.82) is 0 Å². The van der Waals surface area contributed by atoms with Gasteiger partial charge in [0.05, 0.1) is 5.56 Å². The van der Waals surface area contributed by atoms with Crippen LogP contribution in [0.3, 0.4) is 0 Å². The standard InChI is InChI=1S/C15H18N2O2S/c1-2-12(16)14(10-7-8-20-9-10)19-13-6-4-3-5-11(13)15(17)18/h3-9,12,14H,2,16H2,1H3,(H2,17,18). The topological polar surface area (TPSA) is 78.3 Å². The summed E-state index contributed by atoms with van der Waals surface area (Å²) >= 11 is 1.59. The van der Waals surface area contributed by atoms with E-state index in [0.29, 0.717) is 11.3 Å². The Labute approximate surface area is 122 Å². The number of hydrogen-bond donors (Lipinski definition) is 2. The molecule has 1 heterocycles. The number of rotatable bonds is 6. The van der Waals surface area contributed by atoms with Crippen molar-refractivity contribution in [3.05, 3.63) is 52.2 Å². The number of amides is 1. The second-order valence-electron chi connectivity index (χ2n) is 4.53. The van der Waals surface area contributed by atoms with Gasteiger partial charge in [0.2, 0.25) is 0 Å². The number of benzene rings is 1. The summed E-state index contributed by atoms with van der Waals surface area (Å²) in [6.45, 7) is 2.01. The van der Waals surface area contributed by atoms with E-state index in [9.17, 15) is 4.79 Å². The van der Waals surface area contributed by atoms with Crippen LogP contribution in [-0.4, -0.2) is 11.9 Å². The third-order valence-electron chi connectivity index (χ3n) is 3.14. The first-order valence-corrected chi connectivity index (χ1v) is 7.41. The summed E-state index contributed by atoms with van der Waals surface area (Å²) in [5.74, 6) is -0.0326. The van der Waals surface area contributed by atoms with E-state index in [1.807, 2.05) is 29.8 Å². The monoisotopic (exact) mass is 290 g/mol. The van der Waals surface area contributed by atoms with Crippen LogP contribution in [0.2, 0.25) is 0 Å². The Morgan fingerprint density at radius 2 is 2.10 bits per heavy atom. The van der Waals surface area contributed by atoms with Crippen molar-refractivity contribution in [1.82, 2.24) is 0 Å². The lowest BCUT2D eigenvalue weighted by atomic mass is 10.0. The van der Waals surface area contributed by atoms with E-state index >= 15 is 0 Å². The highest BCUT2D eigenvalue weighted by Gasteiger charge is 2.22. The maximum atomic E-state index is 11.4. The average molecular weight is 290 g/mol. The third kappa shape index (κ3) is 3.18. The lowest BCUT2D eigenvalue weighted by Crippen LogP contribution is -2.31.